The molecule has 3 aromatic rings. The molecule has 0 spiro atoms. The molecule has 2 aromatic carbocycles. The zero-order valence-electron chi connectivity index (χ0n) is 19.6. The van der Waals surface area contributed by atoms with E-state index in [1.165, 1.54) is 12.8 Å². The van der Waals surface area contributed by atoms with Gasteiger partial charge in [0.1, 0.15) is 11.5 Å². The van der Waals surface area contributed by atoms with E-state index in [2.05, 4.69) is 4.90 Å². The maximum absolute atomic E-state index is 10.4. The summed E-state index contributed by atoms with van der Waals surface area (Å²) >= 11 is 0. The molecule has 1 fully saturated rings. The summed E-state index contributed by atoms with van der Waals surface area (Å²) in [6, 6.07) is 17.5. The molecule has 4 rings (SSSR count). The molecule has 0 bridgehead atoms. The first kappa shape index (κ1) is 23.3. The number of aliphatic hydroxyl groups is 1. The quantitative estimate of drug-likeness (QED) is 0.445. The van der Waals surface area contributed by atoms with Crippen molar-refractivity contribution in [3.05, 3.63) is 65.9 Å². The van der Waals surface area contributed by atoms with Crippen LogP contribution in [0.25, 0.3) is 5.69 Å². The van der Waals surface area contributed by atoms with Gasteiger partial charge in [0.15, 0.2) is 0 Å². The van der Waals surface area contributed by atoms with Crippen molar-refractivity contribution in [2.75, 3.05) is 33.9 Å². The van der Waals surface area contributed by atoms with Crippen LogP contribution in [-0.2, 0) is 11.3 Å². The van der Waals surface area contributed by atoms with Gasteiger partial charge in [-0.2, -0.15) is 5.10 Å². The molecule has 1 saturated carbocycles. The molecule has 1 aliphatic carbocycles. The van der Waals surface area contributed by atoms with Crippen LogP contribution < -0.4 is 9.47 Å². The van der Waals surface area contributed by atoms with E-state index in [0.717, 1.165) is 29.2 Å². The summed E-state index contributed by atoms with van der Waals surface area (Å²) in [6.07, 6.45) is 1.95. The highest BCUT2D eigenvalue weighted by Crippen LogP contribution is 2.34. The Bertz CT molecular complexity index is 1020. The Morgan fingerprint density at radius 1 is 1.06 bits per heavy atom. The van der Waals surface area contributed by atoms with E-state index in [1.807, 2.05) is 66.2 Å². The Hall–Kier alpha value is -2.87. The molecule has 0 saturated heterocycles. The Morgan fingerprint density at radius 2 is 1.76 bits per heavy atom. The third-order valence-electron chi connectivity index (χ3n) is 5.84. The molecule has 33 heavy (non-hydrogen) atoms. The minimum Gasteiger partial charge on any atom is -0.497 e. The minimum absolute atomic E-state index is 0.318. The first-order chi connectivity index (χ1) is 16.1. The topological polar surface area (TPSA) is 69.0 Å². The Labute approximate surface area is 195 Å². The molecule has 0 radical (unpaired) electrons. The van der Waals surface area contributed by atoms with Crippen molar-refractivity contribution >= 4 is 0 Å². The second-order valence-electron chi connectivity index (χ2n) is 8.64. The third-order valence-corrected chi connectivity index (χ3v) is 5.84. The van der Waals surface area contributed by atoms with Gasteiger partial charge >= 0.3 is 0 Å². The molecule has 0 unspecified atom stereocenters. The number of nitrogens with zero attached hydrogens (tertiary/aromatic N) is 3. The monoisotopic (exact) mass is 451 g/mol. The first-order valence-corrected chi connectivity index (χ1v) is 11.4. The molecule has 1 heterocycles. The van der Waals surface area contributed by atoms with E-state index in [4.69, 9.17) is 19.3 Å². The fraction of sp³-hybridized carbons (Fsp3) is 0.423. The SMILES string of the molecule is COC[C@H](O)CN(Cc1c(C)nn(-c2ccccc2)c1Oc1ccc(OC)cc1)CC1CC1. The van der Waals surface area contributed by atoms with Crippen molar-refractivity contribution in [2.24, 2.45) is 5.92 Å². The normalized spacial score (nSPS) is 14.5. The fourth-order valence-electron chi connectivity index (χ4n) is 3.96. The molecule has 1 aromatic heterocycles. The maximum Gasteiger partial charge on any atom is 0.227 e. The van der Waals surface area contributed by atoms with Crippen molar-refractivity contribution in [2.45, 2.75) is 32.4 Å². The number of rotatable bonds is 12. The van der Waals surface area contributed by atoms with Crippen molar-refractivity contribution in [3.8, 4) is 23.1 Å². The Kier molecular flexibility index (Phi) is 7.65. The van der Waals surface area contributed by atoms with Crippen LogP contribution in [-0.4, -0.2) is 59.8 Å². The van der Waals surface area contributed by atoms with Gasteiger partial charge in [0.05, 0.1) is 36.8 Å². The van der Waals surface area contributed by atoms with E-state index < -0.39 is 6.10 Å². The smallest absolute Gasteiger partial charge is 0.227 e. The third kappa shape index (κ3) is 6.13. The van der Waals surface area contributed by atoms with Gasteiger partial charge in [-0.3, -0.25) is 4.90 Å². The summed E-state index contributed by atoms with van der Waals surface area (Å²) in [4.78, 5) is 2.29. The lowest BCUT2D eigenvalue weighted by Crippen LogP contribution is -2.36. The number of aryl methyl sites for hydroxylation is 1. The molecular formula is C26H33N3O4. The number of methoxy groups -OCH3 is 2. The number of aliphatic hydroxyl groups excluding tert-OH is 1. The van der Waals surface area contributed by atoms with Gasteiger partial charge in [-0.1, -0.05) is 18.2 Å². The molecule has 0 aliphatic heterocycles. The van der Waals surface area contributed by atoms with Crippen LogP contribution in [0.15, 0.2) is 54.6 Å². The summed E-state index contributed by atoms with van der Waals surface area (Å²) in [5.74, 6) is 2.86. The number of para-hydroxylation sites is 1. The van der Waals surface area contributed by atoms with Gasteiger partial charge in [0.25, 0.3) is 0 Å². The Balaban J connectivity index is 1.66. The predicted octanol–water partition coefficient (Wildman–Crippen LogP) is 4.20. The molecule has 1 N–H and O–H groups in total. The molecule has 1 aliphatic rings. The van der Waals surface area contributed by atoms with Crippen molar-refractivity contribution in [1.29, 1.82) is 0 Å². The lowest BCUT2D eigenvalue weighted by Gasteiger charge is -2.25. The van der Waals surface area contributed by atoms with Crippen LogP contribution in [0.2, 0.25) is 0 Å². The standard InChI is InChI=1S/C26H33N3O4/c1-19-25(17-28(15-20-9-10-20)16-22(30)18-31-2)26(29(27-19)21-7-5-4-6-8-21)33-24-13-11-23(32-3)12-14-24/h4-8,11-14,20,22,30H,9-10,15-18H2,1-3H3/t22-/m1/s1. The van der Waals surface area contributed by atoms with E-state index >= 15 is 0 Å². The van der Waals surface area contributed by atoms with Crippen LogP contribution >= 0.6 is 0 Å². The largest absolute Gasteiger partial charge is 0.497 e. The van der Waals surface area contributed by atoms with Gasteiger partial charge in [-0.05, 0) is 62.1 Å². The van der Waals surface area contributed by atoms with Crippen LogP contribution in [0.3, 0.4) is 0 Å². The molecule has 0 amide bonds. The van der Waals surface area contributed by atoms with Crippen LogP contribution in [0.1, 0.15) is 24.1 Å². The summed E-state index contributed by atoms with van der Waals surface area (Å²) in [7, 11) is 3.26. The molecule has 7 nitrogen and oxygen atoms in total. The summed E-state index contributed by atoms with van der Waals surface area (Å²) in [5.41, 5.74) is 2.85. The number of hydrogen-bond acceptors (Lipinski definition) is 6. The summed E-state index contributed by atoms with van der Waals surface area (Å²) in [6.45, 7) is 4.46. The van der Waals surface area contributed by atoms with Crippen molar-refractivity contribution in [1.82, 2.24) is 14.7 Å². The highest BCUT2D eigenvalue weighted by atomic mass is 16.5. The Morgan fingerprint density at radius 3 is 2.39 bits per heavy atom. The van der Waals surface area contributed by atoms with E-state index in [9.17, 15) is 5.11 Å². The second kappa shape index (κ2) is 10.8. The average molecular weight is 452 g/mol. The lowest BCUT2D eigenvalue weighted by molar-refractivity contribution is 0.0345. The van der Waals surface area contributed by atoms with Gasteiger partial charge in [-0.15, -0.1) is 0 Å². The van der Waals surface area contributed by atoms with Crippen molar-refractivity contribution in [3.63, 3.8) is 0 Å². The lowest BCUT2D eigenvalue weighted by atomic mass is 10.2. The van der Waals surface area contributed by atoms with Gasteiger partial charge in [-0.25, -0.2) is 4.68 Å². The predicted molar refractivity (Wildman–Crippen MR) is 127 cm³/mol. The zero-order chi connectivity index (χ0) is 23.2. The number of aromatic nitrogens is 2. The number of benzene rings is 2. The average Bonchev–Trinajstić information content (AvgIpc) is 3.59. The van der Waals surface area contributed by atoms with E-state index in [1.54, 1.807) is 14.2 Å². The van der Waals surface area contributed by atoms with Gasteiger partial charge < -0.3 is 19.3 Å². The maximum atomic E-state index is 10.4. The zero-order valence-corrected chi connectivity index (χ0v) is 19.6. The highest BCUT2D eigenvalue weighted by molar-refractivity contribution is 5.44. The van der Waals surface area contributed by atoms with E-state index in [0.29, 0.717) is 37.2 Å². The highest BCUT2D eigenvalue weighted by Gasteiger charge is 2.28. The van der Waals surface area contributed by atoms with E-state index in [-0.39, 0.29) is 0 Å². The number of hydrogen-bond donors (Lipinski definition) is 1. The molecular weight excluding hydrogens is 418 g/mol. The second-order valence-corrected chi connectivity index (χ2v) is 8.64. The van der Waals surface area contributed by atoms with Crippen LogP contribution in [0, 0.1) is 12.8 Å². The van der Waals surface area contributed by atoms with Gasteiger partial charge in [0, 0.05) is 26.7 Å². The van der Waals surface area contributed by atoms with Crippen LogP contribution in [0.5, 0.6) is 17.4 Å². The van der Waals surface area contributed by atoms with Crippen molar-refractivity contribution < 1.29 is 19.3 Å². The summed E-state index contributed by atoms with van der Waals surface area (Å²) < 4.78 is 18.7. The summed E-state index contributed by atoms with van der Waals surface area (Å²) in [5, 5.41) is 15.2. The van der Waals surface area contributed by atoms with Crippen LogP contribution in [0.4, 0.5) is 0 Å². The molecule has 7 heteroatoms. The van der Waals surface area contributed by atoms with Gasteiger partial charge in [0.2, 0.25) is 5.88 Å². The molecule has 1 atom stereocenters. The fourth-order valence-corrected chi connectivity index (χ4v) is 3.96. The minimum atomic E-state index is -0.538. The first-order valence-electron chi connectivity index (χ1n) is 11.4. The molecule has 176 valence electrons. The number of ether oxygens (including phenoxy) is 3.